The first kappa shape index (κ1) is 15.4. The van der Waals surface area contributed by atoms with Crippen LogP contribution in [0.1, 0.15) is 52.4 Å². The number of carbonyl (C=O) groups is 1. The van der Waals surface area contributed by atoms with E-state index < -0.39 is 0 Å². The third kappa shape index (κ3) is 5.36. The van der Waals surface area contributed by atoms with Crippen LogP contribution in [0.3, 0.4) is 0 Å². The molecule has 106 valence electrons. The topological polar surface area (TPSA) is 47.6 Å². The number of ether oxygens (including phenoxy) is 2. The number of nitrogens with one attached hydrogen (secondary N) is 1. The van der Waals surface area contributed by atoms with Gasteiger partial charge in [-0.15, -0.1) is 0 Å². The van der Waals surface area contributed by atoms with Crippen molar-refractivity contribution in [1.29, 1.82) is 0 Å². The molecule has 1 rings (SSSR count). The first-order valence-corrected chi connectivity index (χ1v) is 7.13. The molecule has 0 radical (unpaired) electrons. The van der Waals surface area contributed by atoms with Crippen molar-refractivity contribution in [2.24, 2.45) is 0 Å². The molecule has 1 saturated heterocycles. The van der Waals surface area contributed by atoms with Gasteiger partial charge >= 0.3 is 5.97 Å². The molecule has 0 aromatic heterocycles. The van der Waals surface area contributed by atoms with E-state index >= 15 is 0 Å². The number of esters is 1. The van der Waals surface area contributed by atoms with Crippen molar-refractivity contribution in [2.75, 3.05) is 13.7 Å². The van der Waals surface area contributed by atoms with Gasteiger partial charge in [-0.1, -0.05) is 32.6 Å². The summed E-state index contributed by atoms with van der Waals surface area (Å²) in [4.78, 5) is 11.2. The van der Waals surface area contributed by atoms with Gasteiger partial charge in [0.25, 0.3) is 0 Å². The van der Waals surface area contributed by atoms with E-state index in [0.29, 0.717) is 12.5 Å². The van der Waals surface area contributed by atoms with Crippen LogP contribution in [0.25, 0.3) is 0 Å². The van der Waals surface area contributed by atoms with E-state index in [1.807, 2.05) is 0 Å². The highest BCUT2D eigenvalue weighted by Crippen LogP contribution is 2.17. The van der Waals surface area contributed by atoms with Crippen molar-refractivity contribution in [1.82, 2.24) is 5.32 Å². The maximum Gasteiger partial charge on any atom is 0.308 e. The number of morpholine rings is 1. The van der Waals surface area contributed by atoms with Crippen molar-refractivity contribution in [2.45, 2.75) is 70.6 Å². The molecule has 18 heavy (non-hydrogen) atoms. The number of hydrogen-bond acceptors (Lipinski definition) is 4. The molecule has 0 amide bonds. The Morgan fingerprint density at radius 1 is 1.39 bits per heavy atom. The number of rotatable bonds is 7. The second-order valence-corrected chi connectivity index (χ2v) is 5.11. The highest BCUT2D eigenvalue weighted by atomic mass is 16.5. The van der Waals surface area contributed by atoms with Crippen LogP contribution >= 0.6 is 0 Å². The van der Waals surface area contributed by atoms with Crippen LogP contribution in [0.5, 0.6) is 0 Å². The lowest BCUT2D eigenvalue weighted by Crippen LogP contribution is -2.51. The smallest absolute Gasteiger partial charge is 0.308 e. The zero-order valence-corrected chi connectivity index (χ0v) is 11.9. The molecule has 4 heteroatoms. The number of hydrogen-bond donors (Lipinski definition) is 1. The maximum absolute atomic E-state index is 11.2. The number of unbranched alkanes of at least 4 members (excludes halogenated alkanes) is 3. The Labute approximate surface area is 110 Å². The molecule has 1 N–H and O–H groups in total. The number of carbonyl (C=O) groups excluding carboxylic acids is 1. The zero-order chi connectivity index (χ0) is 13.4. The second kappa shape index (κ2) is 8.48. The van der Waals surface area contributed by atoms with Crippen molar-refractivity contribution in [3.8, 4) is 0 Å². The Kier molecular flexibility index (Phi) is 7.28. The summed E-state index contributed by atoms with van der Waals surface area (Å²) in [5.74, 6) is -0.199. The van der Waals surface area contributed by atoms with Gasteiger partial charge in [-0.05, 0) is 13.3 Å². The first-order chi connectivity index (χ1) is 8.67. The van der Waals surface area contributed by atoms with E-state index in [-0.39, 0.29) is 18.2 Å². The zero-order valence-electron chi connectivity index (χ0n) is 11.9. The minimum Gasteiger partial charge on any atom is -0.469 e. The Balaban J connectivity index is 2.21. The standard InChI is InChI=1S/C14H27NO3/c1-4-5-6-7-8-13-11(2)18-12(10-15-13)9-14(16)17-3/h11-13,15H,4-10H2,1-3H3. The molecule has 0 spiro atoms. The first-order valence-electron chi connectivity index (χ1n) is 7.13. The monoisotopic (exact) mass is 257 g/mol. The summed E-state index contributed by atoms with van der Waals surface area (Å²) in [7, 11) is 1.42. The maximum atomic E-state index is 11.2. The van der Waals surface area contributed by atoms with Crippen LogP contribution in [0.4, 0.5) is 0 Å². The average Bonchev–Trinajstić information content (AvgIpc) is 2.36. The minimum absolute atomic E-state index is 0.0423. The summed E-state index contributed by atoms with van der Waals surface area (Å²) < 4.78 is 10.5. The predicted molar refractivity (Wildman–Crippen MR) is 71.5 cm³/mol. The Morgan fingerprint density at radius 2 is 2.17 bits per heavy atom. The molecule has 0 saturated carbocycles. The van der Waals surface area contributed by atoms with Gasteiger partial charge in [0.15, 0.2) is 0 Å². The van der Waals surface area contributed by atoms with Gasteiger partial charge in [-0.3, -0.25) is 4.79 Å². The fraction of sp³-hybridized carbons (Fsp3) is 0.929. The molecule has 3 unspecified atom stereocenters. The lowest BCUT2D eigenvalue weighted by Gasteiger charge is -2.35. The van der Waals surface area contributed by atoms with E-state index in [2.05, 4.69) is 23.9 Å². The highest BCUT2D eigenvalue weighted by Gasteiger charge is 2.28. The molecule has 4 nitrogen and oxygen atoms in total. The third-order valence-electron chi connectivity index (χ3n) is 3.57. The van der Waals surface area contributed by atoms with Gasteiger partial charge in [-0.2, -0.15) is 0 Å². The molecule has 3 atom stereocenters. The van der Waals surface area contributed by atoms with Crippen LogP contribution in [-0.2, 0) is 14.3 Å². The van der Waals surface area contributed by atoms with Gasteiger partial charge < -0.3 is 14.8 Å². The molecule has 0 bridgehead atoms. The third-order valence-corrected chi connectivity index (χ3v) is 3.57. The van der Waals surface area contributed by atoms with Crippen molar-refractivity contribution in [3.05, 3.63) is 0 Å². The van der Waals surface area contributed by atoms with Crippen molar-refractivity contribution < 1.29 is 14.3 Å². The summed E-state index contributed by atoms with van der Waals surface area (Å²) in [6.45, 7) is 5.06. The van der Waals surface area contributed by atoms with Crippen molar-refractivity contribution >= 4 is 5.97 Å². The summed E-state index contributed by atoms with van der Waals surface area (Å²) in [5.41, 5.74) is 0. The SMILES string of the molecule is CCCCCCC1NCC(CC(=O)OC)OC1C. The summed E-state index contributed by atoms with van der Waals surface area (Å²) in [5, 5.41) is 3.49. The Bertz CT molecular complexity index is 245. The Hall–Kier alpha value is -0.610. The van der Waals surface area contributed by atoms with E-state index in [0.717, 1.165) is 13.0 Å². The Morgan fingerprint density at radius 3 is 2.78 bits per heavy atom. The van der Waals surface area contributed by atoms with Crippen LogP contribution in [0.15, 0.2) is 0 Å². The largest absolute Gasteiger partial charge is 0.469 e. The molecule has 1 aliphatic rings. The molecule has 0 aromatic carbocycles. The minimum atomic E-state index is -0.199. The van der Waals surface area contributed by atoms with Gasteiger partial charge in [0.2, 0.25) is 0 Å². The van der Waals surface area contributed by atoms with E-state index in [1.54, 1.807) is 0 Å². The van der Waals surface area contributed by atoms with Crippen LogP contribution in [-0.4, -0.2) is 37.9 Å². The average molecular weight is 257 g/mol. The van der Waals surface area contributed by atoms with Crippen LogP contribution in [0.2, 0.25) is 0 Å². The molecule has 0 aliphatic carbocycles. The summed E-state index contributed by atoms with van der Waals surface area (Å²) in [6, 6.07) is 0.427. The highest BCUT2D eigenvalue weighted by molar-refractivity contribution is 5.69. The van der Waals surface area contributed by atoms with E-state index in [9.17, 15) is 4.79 Å². The number of methoxy groups -OCH3 is 1. The lowest BCUT2D eigenvalue weighted by atomic mass is 10.0. The second-order valence-electron chi connectivity index (χ2n) is 5.11. The van der Waals surface area contributed by atoms with E-state index in [4.69, 9.17) is 4.74 Å². The fourth-order valence-electron chi connectivity index (χ4n) is 2.41. The van der Waals surface area contributed by atoms with Gasteiger partial charge in [0.05, 0.1) is 25.7 Å². The molecule has 1 heterocycles. The summed E-state index contributed by atoms with van der Waals surface area (Å²) >= 11 is 0. The predicted octanol–water partition coefficient (Wildman–Crippen LogP) is 2.27. The van der Waals surface area contributed by atoms with Gasteiger partial charge in [0.1, 0.15) is 0 Å². The quantitative estimate of drug-likeness (QED) is 0.561. The fourth-order valence-corrected chi connectivity index (χ4v) is 2.41. The summed E-state index contributed by atoms with van der Waals surface area (Å²) in [6.07, 6.45) is 6.77. The van der Waals surface area contributed by atoms with Crippen molar-refractivity contribution in [3.63, 3.8) is 0 Å². The normalized spacial score (nSPS) is 28.1. The molecular formula is C14H27NO3. The molecule has 1 aliphatic heterocycles. The van der Waals surface area contributed by atoms with E-state index in [1.165, 1.54) is 32.8 Å². The molecule has 1 fully saturated rings. The van der Waals surface area contributed by atoms with Crippen LogP contribution < -0.4 is 5.32 Å². The molecule has 0 aromatic rings. The lowest BCUT2D eigenvalue weighted by molar-refractivity contribution is -0.146. The van der Waals surface area contributed by atoms with Gasteiger partial charge in [0, 0.05) is 12.6 Å². The molecular weight excluding hydrogens is 230 g/mol. The van der Waals surface area contributed by atoms with Gasteiger partial charge in [-0.25, -0.2) is 0 Å². The van der Waals surface area contributed by atoms with Crippen LogP contribution in [0, 0.1) is 0 Å².